The molecule has 0 saturated heterocycles. The van der Waals surface area contributed by atoms with Crippen molar-refractivity contribution in [3.63, 3.8) is 0 Å². The van der Waals surface area contributed by atoms with Gasteiger partial charge in [-0.05, 0) is 72.6 Å². The second-order valence-electron chi connectivity index (χ2n) is 11.5. The third-order valence-electron chi connectivity index (χ3n) is 9.04. The monoisotopic (exact) mass is 573 g/mol. The first kappa shape index (κ1) is 24.5. The molecule has 0 radical (unpaired) electrons. The fourth-order valence-corrected chi connectivity index (χ4v) is 7.02. The molecule has 0 atom stereocenters. The number of fused-ring (bicyclic) bond motifs is 5. The summed E-state index contributed by atoms with van der Waals surface area (Å²) in [6.45, 7) is 0. The highest BCUT2D eigenvalue weighted by atomic mass is 16.3. The molecule has 0 aliphatic carbocycles. The van der Waals surface area contributed by atoms with Gasteiger partial charge in [-0.25, -0.2) is 0 Å². The molecular weight excluding hydrogens is 544 g/mol. The highest BCUT2D eigenvalue weighted by Gasteiger charge is 2.22. The van der Waals surface area contributed by atoms with Crippen LogP contribution < -0.4 is 0 Å². The molecule has 45 heavy (non-hydrogen) atoms. The topological polar surface area (TPSA) is 13.1 Å². The SMILES string of the molecule is [2H]c1ccc(-c2ccc(-c3c4ccccc4c(-c4ccc(-c5ccccc5)c5oc6ccccc6c45)c4ccccc34)cc2)cc1. The van der Waals surface area contributed by atoms with Gasteiger partial charge in [0, 0.05) is 16.3 Å². The van der Waals surface area contributed by atoms with Crippen LogP contribution in [-0.2, 0) is 0 Å². The zero-order valence-corrected chi connectivity index (χ0v) is 24.5. The predicted octanol–water partition coefficient (Wildman–Crippen LogP) is 12.6. The number of hydrogen-bond acceptors (Lipinski definition) is 1. The van der Waals surface area contributed by atoms with Crippen LogP contribution in [0.25, 0.3) is 88.0 Å². The van der Waals surface area contributed by atoms with Crippen LogP contribution >= 0.6 is 0 Å². The lowest BCUT2D eigenvalue weighted by atomic mass is 9.84. The van der Waals surface area contributed by atoms with Gasteiger partial charge in [-0.1, -0.05) is 158 Å². The molecule has 9 rings (SSSR count). The van der Waals surface area contributed by atoms with E-state index in [9.17, 15) is 0 Å². The summed E-state index contributed by atoms with van der Waals surface area (Å²) in [5.74, 6) is 0. The Morgan fingerprint density at radius 2 is 0.844 bits per heavy atom. The third kappa shape index (κ3) is 4.09. The number of para-hydroxylation sites is 1. The summed E-state index contributed by atoms with van der Waals surface area (Å²) >= 11 is 0. The van der Waals surface area contributed by atoms with E-state index in [-0.39, 0.29) is 0 Å². The van der Waals surface area contributed by atoms with Crippen LogP contribution in [0.2, 0.25) is 0 Å². The minimum absolute atomic E-state index is 0.522. The van der Waals surface area contributed by atoms with Crippen LogP contribution in [-0.4, -0.2) is 0 Å². The van der Waals surface area contributed by atoms with E-state index in [1.165, 1.54) is 43.8 Å². The summed E-state index contributed by atoms with van der Waals surface area (Å²) in [5.41, 5.74) is 11.1. The first-order valence-electron chi connectivity index (χ1n) is 15.9. The van der Waals surface area contributed by atoms with Crippen molar-refractivity contribution in [3.05, 3.63) is 170 Å². The lowest BCUT2D eigenvalue weighted by molar-refractivity contribution is 0.670. The van der Waals surface area contributed by atoms with E-state index in [1.54, 1.807) is 0 Å². The molecule has 0 unspecified atom stereocenters. The predicted molar refractivity (Wildman–Crippen MR) is 190 cm³/mol. The van der Waals surface area contributed by atoms with Gasteiger partial charge in [0.15, 0.2) is 0 Å². The van der Waals surface area contributed by atoms with Gasteiger partial charge in [0.25, 0.3) is 0 Å². The summed E-state index contributed by atoms with van der Waals surface area (Å²) in [5, 5.41) is 7.13. The second-order valence-corrected chi connectivity index (χ2v) is 11.5. The van der Waals surface area contributed by atoms with Gasteiger partial charge >= 0.3 is 0 Å². The number of rotatable bonds is 4. The van der Waals surface area contributed by atoms with Crippen LogP contribution in [0.3, 0.4) is 0 Å². The van der Waals surface area contributed by atoms with Gasteiger partial charge in [-0.2, -0.15) is 0 Å². The minimum Gasteiger partial charge on any atom is -0.455 e. The molecule has 0 N–H and O–H groups in total. The van der Waals surface area contributed by atoms with Crippen LogP contribution in [0, 0.1) is 0 Å². The maximum Gasteiger partial charge on any atom is 0.143 e. The van der Waals surface area contributed by atoms with Crippen molar-refractivity contribution in [1.29, 1.82) is 0 Å². The molecule has 1 nitrogen and oxygen atoms in total. The Kier molecular flexibility index (Phi) is 5.65. The van der Waals surface area contributed by atoms with Crippen molar-refractivity contribution in [2.24, 2.45) is 0 Å². The standard InChI is InChI=1S/C44H28O/c1-3-13-29(14-4-1)30-23-25-32(26-24-30)41-34-17-7-9-19-36(34)42(37-20-10-8-18-35(37)41)39-28-27-33(31-15-5-2-6-16-31)44-43(39)38-21-11-12-22-40(38)45-44/h1-28H/i1D. The fourth-order valence-electron chi connectivity index (χ4n) is 7.02. The maximum absolute atomic E-state index is 7.85. The fraction of sp³-hybridized carbons (Fsp3) is 0. The molecule has 0 amide bonds. The molecule has 1 heteroatoms. The summed E-state index contributed by atoms with van der Waals surface area (Å²) < 4.78 is 14.5. The van der Waals surface area contributed by atoms with Crippen LogP contribution in [0.15, 0.2) is 174 Å². The van der Waals surface area contributed by atoms with E-state index < -0.39 is 0 Å². The molecule has 0 aliphatic heterocycles. The first-order valence-corrected chi connectivity index (χ1v) is 15.4. The van der Waals surface area contributed by atoms with Gasteiger partial charge in [0.2, 0.25) is 0 Å². The molecule has 9 aromatic rings. The van der Waals surface area contributed by atoms with Gasteiger partial charge in [-0.15, -0.1) is 0 Å². The second kappa shape index (κ2) is 10.4. The molecule has 0 saturated carbocycles. The lowest BCUT2D eigenvalue weighted by Crippen LogP contribution is -1.92. The normalized spacial score (nSPS) is 11.9. The molecule has 210 valence electrons. The van der Waals surface area contributed by atoms with Crippen molar-refractivity contribution in [3.8, 4) is 44.5 Å². The van der Waals surface area contributed by atoms with Gasteiger partial charge in [0.05, 0.1) is 1.37 Å². The summed E-state index contributed by atoms with van der Waals surface area (Å²) in [6, 6.07) is 58.1. The summed E-state index contributed by atoms with van der Waals surface area (Å²) in [7, 11) is 0. The third-order valence-corrected chi connectivity index (χ3v) is 9.04. The minimum atomic E-state index is 0.522. The maximum atomic E-state index is 7.85. The molecule has 1 heterocycles. The van der Waals surface area contributed by atoms with Crippen molar-refractivity contribution in [2.45, 2.75) is 0 Å². The Labute approximate surface area is 263 Å². The Morgan fingerprint density at radius 3 is 1.51 bits per heavy atom. The molecular formula is C44H28O. The molecule has 0 bridgehead atoms. The molecule has 8 aromatic carbocycles. The van der Waals surface area contributed by atoms with E-state index >= 15 is 0 Å². The van der Waals surface area contributed by atoms with Gasteiger partial charge < -0.3 is 4.42 Å². The summed E-state index contributed by atoms with van der Waals surface area (Å²) in [4.78, 5) is 0. The number of benzene rings is 8. The van der Waals surface area contributed by atoms with E-state index in [4.69, 9.17) is 5.79 Å². The van der Waals surface area contributed by atoms with Crippen LogP contribution in [0.4, 0.5) is 0 Å². The van der Waals surface area contributed by atoms with Crippen LogP contribution in [0.1, 0.15) is 1.37 Å². The summed E-state index contributed by atoms with van der Waals surface area (Å²) in [6.07, 6.45) is 0. The Morgan fingerprint density at radius 1 is 0.356 bits per heavy atom. The number of furan rings is 1. The van der Waals surface area contributed by atoms with E-state index in [0.717, 1.165) is 44.2 Å². The van der Waals surface area contributed by atoms with Gasteiger partial charge in [-0.3, -0.25) is 0 Å². The zero-order chi connectivity index (χ0) is 30.6. The zero-order valence-electron chi connectivity index (χ0n) is 25.5. The smallest absolute Gasteiger partial charge is 0.143 e. The Bertz CT molecular complexity index is 2500. The highest BCUT2D eigenvalue weighted by Crippen LogP contribution is 2.48. The molecule has 0 fully saturated rings. The first-order chi connectivity index (χ1) is 22.7. The molecule has 0 spiro atoms. The molecule has 0 aliphatic rings. The highest BCUT2D eigenvalue weighted by molar-refractivity contribution is 6.26. The largest absolute Gasteiger partial charge is 0.455 e. The average Bonchev–Trinajstić information content (AvgIpc) is 3.51. The van der Waals surface area contributed by atoms with Crippen molar-refractivity contribution in [1.82, 2.24) is 0 Å². The number of hydrogen-bond donors (Lipinski definition) is 0. The van der Waals surface area contributed by atoms with E-state index in [0.29, 0.717) is 6.04 Å². The van der Waals surface area contributed by atoms with E-state index in [1.807, 2.05) is 30.3 Å². The lowest BCUT2D eigenvalue weighted by Gasteiger charge is -2.19. The van der Waals surface area contributed by atoms with Crippen LogP contribution in [0.5, 0.6) is 0 Å². The Hall–Kier alpha value is -5.92. The van der Waals surface area contributed by atoms with Gasteiger partial charge in [0.1, 0.15) is 11.2 Å². The van der Waals surface area contributed by atoms with Crippen molar-refractivity contribution < 1.29 is 5.79 Å². The Balaban J connectivity index is 1.34. The quantitative estimate of drug-likeness (QED) is 0.191. The van der Waals surface area contributed by atoms with Crippen molar-refractivity contribution >= 4 is 43.5 Å². The average molecular weight is 574 g/mol. The molecule has 1 aromatic heterocycles. The van der Waals surface area contributed by atoms with E-state index in [2.05, 4.69) is 133 Å². The van der Waals surface area contributed by atoms with Crippen molar-refractivity contribution in [2.75, 3.05) is 0 Å².